The molecule has 0 aromatic heterocycles. The molecule has 19 heavy (non-hydrogen) atoms. The van der Waals surface area contributed by atoms with E-state index in [2.05, 4.69) is 10.6 Å². The maximum Gasteiger partial charge on any atom is 0.321 e. The minimum Gasteiger partial charge on any atom is -0.486 e. The number of hydrogen-bond acceptors (Lipinski definition) is 4. The smallest absolute Gasteiger partial charge is 0.321 e. The topological polar surface area (TPSA) is 68.8 Å². The molecule has 6 heteroatoms. The highest BCUT2D eigenvalue weighted by Gasteiger charge is 2.18. The molecule has 102 valence electrons. The van der Waals surface area contributed by atoms with Gasteiger partial charge in [-0.15, -0.1) is 0 Å². The zero-order chi connectivity index (χ0) is 13.1. The molecule has 2 aliphatic heterocycles. The molecule has 1 unspecified atom stereocenters. The first kappa shape index (κ1) is 12.1. The fraction of sp³-hybridized carbons (Fsp3) is 0.462. The molecule has 1 aromatic rings. The Morgan fingerprint density at radius 1 is 1.16 bits per heavy atom. The second-order valence-corrected chi connectivity index (χ2v) is 4.46. The van der Waals surface area contributed by atoms with E-state index in [4.69, 9.17) is 14.2 Å². The molecule has 2 N–H and O–H groups in total. The number of hydrogen-bond donors (Lipinski definition) is 2. The Labute approximate surface area is 111 Å². The lowest BCUT2D eigenvalue weighted by atomic mass is 10.2. The Bertz CT molecular complexity index is 472. The molecule has 0 bridgehead atoms. The van der Waals surface area contributed by atoms with Gasteiger partial charge in [-0.3, -0.25) is 0 Å². The van der Waals surface area contributed by atoms with E-state index in [-0.39, 0.29) is 12.3 Å². The first-order chi connectivity index (χ1) is 9.31. The minimum atomic E-state index is -0.274. The summed E-state index contributed by atoms with van der Waals surface area (Å²) >= 11 is 0. The predicted octanol–water partition coefficient (Wildman–Crippen LogP) is 1.72. The number of fused-ring (bicyclic) bond motifs is 1. The van der Waals surface area contributed by atoms with Crippen LogP contribution in [0, 0.1) is 0 Å². The quantitative estimate of drug-likeness (QED) is 0.853. The van der Waals surface area contributed by atoms with Crippen molar-refractivity contribution in [2.75, 3.05) is 25.1 Å². The van der Waals surface area contributed by atoms with Crippen molar-refractivity contribution < 1.29 is 19.0 Å². The molecular weight excluding hydrogens is 248 g/mol. The van der Waals surface area contributed by atoms with Gasteiger partial charge in [-0.2, -0.15) is 0 Å². The van der Waals surface area contributed by atoms with Gasteiger partial charge >= 0.3 is 6.03 Å². The molecule has 0 spiro atoms. The normalized spacial score (nSPS) is 20.9. The summed E-state index contributed by atoms with van der Waals surface area (Å²) in [4.78, 5) is 11.8. The summed E-state index contributed by atoms with van der Waals surface area (Å²) in [5.74, 6) is 1.36. The molecule has 1 saturated heterocycles. The van der Waals surface area contributed by atoms with Crippen LogP contribution in [0.25, 0.3) is 0 Å². The predicted molar refractivity (Wildman–Crippen MR) is 68.6 cm³/mol. The third kappa shape index (κ3) is 2.90. The van der Waals surface area contributed by atoms with Crippen molar-refractivity contribution in [3.63, 3.8) is 0 Å². The van der Waals surface area contributed by atoms with Crippen molar-refractivity contribution in [1.29, 1.82) is 0 Å². The summed E-state index contributed by atoms with van der Waals surface area (Å²) in [6.45, 7) is 1.78. The van der Waals surface area contributed by atoms with E-state index in [0.29, 0.717) is 37.0 Å². The largest absolute Gasteiger partial charge is 0.486 e. The third-order valence-electron chi connectivity index (χ3n) is 3.02. The summed E-state index contributed by atoms with van der Waals surface area (Å²) in [6.07, 6.45) is 1.65. The Balaban J connectivity index is 1.61. The van der Waals surface area contributed by atoms with Crippen LogP contribution in [0.2, 0.25) is 0 Å². The van der Waals surface area contributed by atoms with Gasteiger partial charge in [-0.1, -0.05) is 0 Å². The van der Waals surface area contributed by atoms with Crippen LogP contribution < -0.4 is 20.1 Å². The fourth-order valence-electron chi connectivity index (χ4n) is 2.13. The summed E-state index contributed by atoms with van der Waals surface area (Å²) < 4.78 is 16.2. The number of benzene rings is 1. The Hall–Kier alpha value is -1.95. The lowest BCUT2D eigenvalue weighted by Gasteiger charge is -2.19. The minimum absolute atomic E-state index is 0.183. The second kappa shape index (κ2) is 5.36. The number of anilines is 1. The Morgan fingerprint density at radius 2 is 2.00 bits per heavy atom. The number of carbonyl (C=O) groups is 1. The molecular formula is C13H16N2O4. The van der Waals surface area contributed by atoms with Gasteiger partial charge in [0, 0.05) is 18.4 Å². The number of carbonyl (C=O) groups excluding carboxylic acids is 1. The lowest BCUT2D eigenvalue weighted by Crippen LogP contribution is -2.37. The molecule has 0 aliphatic carbocycles. The van der Waals surface area contributed by atoms with E-state index in [0.717, 1.165) is 12.8 Å². The Morgan fingerprint density at radius 3 is 2.79 bits per heavy atom. The third-order valence-corrected chi connectivity index (χ3v) is 3.02. The van der Waals surface area contributed by atoms with Crippen LogP contribution >= 0.6 is 0 Å². The van der Waals surface area contributed by atoms with Crippen LogP contribution in [0.4, 0.5) is 10.5 Å². The van der Waals surface area contributed by atoms with E-state index >= 15 is 0 Å². The van der Waals surface area contributed by atoms with E-state index < -0.39 is 0 Å². The van der Waals surface area contributed by atoms with Gasteiger partial charge in [0.2, 0.25) is 0 Å². The van der Waals surface area contributed by atoms with Gasteiger partial charge in [0.1, 0.15) is 19.4 Å². The average molecular weight is 264 g/mol. The lowest BCUT2D eigenvalue weighted by molar-refractivity contribution is 0.0928. The van der Waals surface area contributed by atoms with Crippen molar-refractivity contribution in [2.45, 2.75) is 19.1 Å². The highest BCUT2D eigenvalue weighted by Crippen LogP contribution is 2.32. The van der Waals surface area contributed by atoms with Gasteiger partial charge in [0.15, 0.2) is 11.5 Å². The molecule has 0 saturated carbocycles. The molecule has 1 aromatic carbocycles. The van der Waals surface area contributed by atoms with Crippen LogP contribution in [0.3, 0.4) is 0 Å². The summed E-state index contributed by atoms with van der Waals surface area (Å²) in [7, 11) is 0. The number of rotatable bonds is 2. The zero-order valence-electron chi connectivity index (χ0n) is 10.5. The fourth-order valence-corrected chi connectivity index (χ4v) is 2.13. The van der Waals surface area contributed by atoms with Gasteiger partial charge in [0.05, 0.1) is 0 Å². The number of ether oxygens (including phenoxy) is 3. The molecule has 2 heterocycles. The van der Waals surface area contributed by atoms with E-state index in [1.54, 1.807) is 18.2 Å². The van der Waals surface area contributed by atoms with Crippen LogP contribution in [0.1, 0.15) is 12.8 Å². The van der Waals surface area contributed by atoms with Crippen molar-refractivity contribution >= 4 is 11.7 Å². The number of urea groups is 1. The van der Waals surface area contributed by atoms with Gasteiger partial charge < -0.3 is 24.8 Å². The second-order valence-electron chi connectivity index (χ2n) is 4.46. The SMILES string of the molecule is O=C(Nc1ccc2c(c1)OCCO2)NC1CCCO1. The van der Waals surface area contributed by atoms with Crippen LogP contribution in [0.5, 0.6) is 11.5 Å². The summed E-state index contributed by atoms with van der Waals surface area (Å²) in [5, 5.41) is 5.52. The molecule has 3 rings (SSSR count). The molecule has 1 fully saturated rings. The molecule has 6 nitrogen and oxygen atoms in total. The number of amides is 2. The zero-order valence-corrected chi connectivity index (χ0v) is 10.5. The van der Waals surface area contributed by atoms with Gasteiger partial charge in [-0.25, -0.2) is 4.79 Å². The highest BCUT2D eigenvalue weighted by molar-refractivity contribution is 5.89. The monoisotopic (exact) mass is 264 g/mol. The summed E-state index contributed by atoms with van der Waals surface area (Å²) in [6, 6.07) is 5.05. The van der Waals surface area contributed by atoms with Crippen LogP contribution in [-0.2, 0) is 4.74 Å². The van der Waals surface area contributed by atoms with Gasteiger partial charge in [-0.05, 0) is 25.0 Å². The maximum absolute atomic E-state index is 11.8. The molecule has 0 radical (unpaired) electrons. The molecule has 1 atom stereocenters. The first-order valence-electron chi connectivity index (χ1n) is 6.40. The van der Waals surface area contributed by atoms with Crippen molar-refractivity contribution in [2.24, 2.45) is 0 Å². The van der Waals surface area contributed by atoms with Crippen molar-refractivity contribution in [3.8, 4) is 11.5 Å². The van der Waals surface area contributed by atoms with E-state index in [1.165, 1.54) is 0 Å². The van der Waals surface area contributed by atoms with Crippen molar-refractivity contribution in [1.82, 2.24) is 5.32 Å². The van der Waals surface area contributed by atoms with E-state index in [1.807, 2.05) is 0 Å². The molecule has 2 amide bonds. The van der Waals surface area contributed by atoms with Crippen molar-refractivity contribution in [3.05, 3.63) is 18.2 Å². The maximum atomic E-state index is 11.8. The molecule has 2 aliphatic rings. The van der Waals surface area contributed by atoms with Crippen LogP contribution in [0.15, 0.2) is 18.2 Å². The average Bonchev–Trinajstić information content (AvgIpc) is 2.91. The first-order valence-corrected chi connectivity index (χ1v) is 6.40. The highest BCUT2D eigenvalue weighted by atomic mass is 16.6. The van der Waals surface area contributed by atoms with E-state index in [9.17, 15) is 4.79 Å². The Kier molecular flexibility index (Phi) is 3.41. The summed E-state index contributed by atoms with van der Waals surface area (Å²) in [5.41, 5.74) is 0.666. The van der Waals surface area contributed by atoms with Gasteiger partial charge in [0.25, 0.3) is 0 Å². The number of nitrogens with one attached hydrogen (secondary N) is 2. The standard InChI is InChI=1S/C13H16N2O4/c16-13(15-12-2-1-5-19-12)14-9-3-4-10-11(8-9)18-7-6-17-10/h3-4,8,12H,1-2,5-7H2,(H2,14,15,16). The van der Waals surface area contributed by atoms with Crippen LogP contribution in [-0.4, -0.2) is 32.1 Å².